The van der Waals surface area contributed by atoms with Crippen molar-refractivity contribution >= 4 is 11.3 Å². The number of aromatic nitrogens is 2. The van der Waals surface area contributed by atoms with Crippen molar-refractivity contribution in [3.8, 4) is 10.6 Å². The number of hydrogen-bond acceptors (Lipinski definition) is 3. The summed E-state index contributed by atoms with van der Waals surface area (Å²) in [6.45, 7) is 0.863. The van der Waals surface area contributed by atoms with Crippen molar-refractivity contribution in [1.82, 2.24) is 15.5 Å². The first kappa shape index (κ1) is 12.8. The second-order valence-corrected chi connectivity index (χ2v) is 6.45. The first-order valence-corrected chi connectivity index (χ1v) is 8.14. The largest absolute Gasteiger partial charge is 0.309 e. The molecule has 0 spiro atoms. The Bertz CT molecular complexity index is 705. The molecule has 3 nitrogen and oxygen atoms in total. The van der Waals surface area contributed by atoms with Crippen LogP contribution in [0, 0.1) is 0 Å². The van der Waals surface area contributed by atoms with E-state index in [0.717, 1.165) is 25.1 Å². The van der Waals surface area contributed by atoms with Crippen LogP contribution in [0.2, 0.25) is 0 Å². The minimum atomic E-state index is 0.536. The minimum absolute atomic E-state index is 0.536. The molecule has 1 aliphatic rings. The van der Waals surface area contributed by atoms with Crippen LogP contribution in [-0.2, 0) is 19.4 Å². The standard InChI is InChI=1S/C17H17N3S/c1-2-5-13-9-15(8-12(13)4-1)18-10-14-11-19-20-17(14)16-6-3-7-21-16/h1-7,11,15,18H,8-10H2,(H,19,20). The molecule has 0 atom stereocenters. The van der Waals surface area contributed by atoms with Crippen molar-refractivity contribution in [2.45, 2.75) is 25.4 Å². The Labute approximate surface area is 128 Å². The summed E-state index contributed by atoms with van der Waals surface area (Å²) in [5, 5.41) is 13.1. The van der Waals surface area contributed by atoms with Crippen molar-refractivity contribution in [1.29, 1.82) is 0 Å². The van der Waals surface area contributed by atoms with Gasteiger partial charge in [-0.15, -0.1) is 11.3 Å². The van der Waals surface area contributed by atoms with Crippen LogP contribution in [-0.4, -0.2) is 16.2 Å². The van der Waals surface area contributed by atoms with Gasteiger partial charge < -0.3 is 5.32 Å². The van der Waals surface area contributed by atoms with E-state index in [-0.39, 0.29) is 0 Å². The maximum atomic E-state index is 4.20. The zero-order valence-electron chi connectivity index (χ0n) is 11.7. The molecule has 3 aromatic rings. The molecule has 4 rings (SSSR count). The molecule has 0 amide bonds. The summed E-state index contributed by atoms with van der Waals surface area (Å²) in [7, 11) is 0. The van der Waals surface area contributed by atoms with E-state index in [2.05, 4.69) is 57.3 Å². The highest BCUT2D eigenvalue weighted by Gasteiger charge is 2.20. The summed E-state index contributed by atoms with van der Waals surface area (Å²) >= 11 is 1.74. The predicted octanol–water partition coefficient (Wildman–Crippen LogP) is 3.40. The summed E-state index contributed by atoms with van der Waals surface area (Å²) < 4.78 is 0. The predicted molar refractivity (Wildman–Crippen MR) is 86.4 cm³/mol. The van der Waals surface area contributed by atoms with Crippen LogP contribution in [0.3, 0.4) is 0 Å². The molecule has 1 aromatic carbocycles. The number of aromatic amines is 1. The number of H-pyrrole nitrogens is 1. The van der Waals surface area contributed by atoms with E-state index < -0.39 is 0 Å². The van der Waals surface area contributed by atoms with Crippen LogP contribution in [0.25, 0.3) is 10.6 Å². The molecular weight excluding hydrogens is 278 g/mol. The van der Waals surface area contributed by atoms with Gasteiger partial charge in [0.2, 0.25) is 0 Å². The maximum absolute atomic E-state index is 4.20. The molecule has 0 bridgehead atoms. The van der Waals surface area contributed by atoms with Gasteiger partial charge in [-0.1, -0.05) is 30.3 Å². The molecule has 0 saturated heterocycles. The summed E-state index contributed by atoms with van der Waals surface area (Å²) in [4.78, 5) is 1.25. The van der Waals surface area contributed by atoms with E-state index in [9.17, 15) is 0 Å². The van der Waals surface area contributed by atoms with Gasteiger partial charge in [0, 0.05) is 18.2 Å². The molecule has 0 radical (unpaired) electrons. The zero-order valence-corrected chi connectivity index (χ0v) is 12.5. The minimum Gasteiger partial charge on any atom is -0.309 e. The molecule has 106 valence electrons. The Morgan fingerprint density at radius 3 is 2.67 bits per heavy atom. The highest BCUT2D eigenvalue weighted by molar-refractivity contribution is 7.13. The number of rotatable bonds is 4. The lowest BCUT2D eigenvalue weighted by atomic mass is 10.1. The highest BCUT2D eigenvalue weighted by Crippen LogP contribution is 2.26. The van der Waals surface area contributed by atoms with Gasteiger partial charge in [0.25, 0.3) is 0 Å². The van der Waals surface area contributed by atoms with Gasteiger partial charge in [-0.05, 0) is 35.4 Å². The number of thiophene rings is 1. The smallest absolute Gasteiger partial charge is 0.0794 e. The zero-order chi connectivity index (χ0) is 14.1. The number of nitrogens with zero attached hydrogens (tertiary/aromatic N) is 1. The number of fused-ring (bicyclic) bond motifs is 1. The Morgan fingerprint density at radius 1 is 1.14 bits per heavy atom. The fourth-order valence-electron chi connectivity index (χ4n) is 3.04. The van der Waals surface area contributed by atoms with Gasteiger partial charge in [-0.3, -0.25) is 5.10 Å². The summed E-state index contributed by atoms with van der Waals surface area (Å²) in [6.07, 6.45) is 4.19. The average molecular weight is 295 g/mol. The summed E-state index contributed by atoms with van der Waals surface area (Å²) in [5.41, 5.74) is 5.36. The van der Waals surface area contributed by atoms with Gasteiger partial charge in [0.1, 0.15) is 0 Å². The third-order valence-corrected chi connectivity index (χ3v) is 5.00. The first-order valence-electron chi connectivity index (χ1n) is 7.26. The lowest BCUT2D eigenvalue weighted by Gasteiger charge is -2.11. The van der Waals surface area contributed by atoms with Gasteiger partial charge in [-0.2, -0.15) is 5.10 Å². The number of nitrogens with one attached hydrogen (secondary N) is 2. The van der Waals surface area contributed by atoms with Gasteiger partial charge in [-0.25, -0.2) is 0 Å². The van der Waals surface area contributed by atoms with Crippen LogP contribution in [0.4, 0.5) is 0 Å². The van der Waals surface area contributed by atoms with E-state index in [0.29, 0.717) is 6.04 Å². The molecule has 0 saturated carbocycles. The second kappa shape index (κ2) is 5.47. The van der Waals surface area contributed by atoms with E-state index in [1.807, 2.05) is 6.20 Å². The van der Waals surface area contributed by atoms with Crippen LogP contribution >= 0.6 is 11.3 Å². The van der Waals surface area contributed by atoms with Crippen molar-refractivity contribution in [2.75, 3.05) is 0 Å². The SMILES string of the molecule is c1csc(-c2[nH]ncc2CNC2Cc3ccccc3C2)c1. The molecular formula is C17H17N3S. The van der Waals surface area contributed by atoms with Gasteiger partial charge in [0.05, 0.1) is 16.8 Å². The van der Waals surface area contributed by atoms with Crippen molar-refractivity contribution in [3.63, 3.8) is 0 Å². The molecule has 2 aromatic heterocycles. The Kier molecular flexibility index (Phi) is 3.33. The molecule has 1 aliphatic carbocycles. The Hall–Kier alpha value is -1.91. The van der Waals surface area contributed by atoms with Crippen molar-refractivity contribution in [2.24, 2.45) is 0 Å². The van der Waals surface area contributed by atoms with E-state index in [1.165, 1.54) is 21.6 Å². The molecule has 0 fully saturated rings. The molecule has 4 heteroatoms. The van der Waals surface area contributed by atoms with E-state index in [4.69, 9.17) is 0 Å². The summed E-state index contributed by atoms with van der Waals surface area (Å²) in [5.74, 6) is 0. The van der Waals surface area contributed by atoms with Gasteiger partial charge >= 0.3 is 0 Å². The Balaban J connectivity index is 1.44. The fraction of sp³-hybridized carbons (Fsp3) is 0.235. The highest BCUT2D eigenvalue weighted by atomic mass is 32.1. The lowest BCUT2D eigenvalue weighted by Crippen LogP contribution is -2.29. The fourth-order valence-corrected chi connectivity index (χ4v) is 3.79. The van der Waals surface area contributed by atoms with Crippen LogP contribution < -0.4 is 5.32 Å². The molecule has 2 heterocycles. The van der Waals surface area contributed by atoms with E-state index >= 15 is 0 Å². The number of benzene rings is 1. The van der Waals surface area contributed by atoms with Crippen LogP contribution in [0.5, 0.6) is 0 Å². The molecule has 0 unspecified atom stereocenters. The third-order valence-electron chi connectivity index (χ3n) is 4.12. The van der Waals surface area contributed by atoms with Gasteiger partial charge in [0.15, 0.2) is 0 Å². The summed E-state index contributed by atoms with van der Waals surface area (Å²) in [6, 6.07) is 13.5. The van der Waals surface area contributed by atoms with E-state index in [1.54, 1.807) is 11.3 Å². The topological polar surface area (TPSA) is 40.7 Å². The van der Waals surface area contributed by atoms with Crippen LogP contribution in [0.1, 0.15) is 16.7 Å². The Morgan fingerprint density at radius 2 is 1.95 bits per heavy atom. The quantitative estimate of drug-likeness (QED) is 0.774. The van der Waals surface area contributed by atoms with Crippen molar-refractivity contribution < 1.29 is 0 Å². The third kappa shape index (κ3) is 2.52. The molecule has 2 N–H and O–H groups in total. The number of hydrogen-bond donors (Lipinski definition) is 2. The average Bonchev–Trinajstić information content (AvgIpc) is 3.23. The van der Waals surface area contributed by atoms with Crippen molar-refractivity contribution in [3.05, 3.63) is 64.7 Å². The molecule has 21 heavy (non-hydrogen) atoms. The maximum Gasteiger partial charge on any atom is 0.0794 e. The first-order chi connectivity index (χ1) is 10.4. The monoisotopic (exact) mass is 295 g/mol. The second-order valence-electron chi connectivity index (χ2n) is 5.50. The normalized spacial score (nSPS) is 14.5. The molecule has 0 aliphatic heterocycles. The van der Waals surface area contributed by atoms with Crippen LogP contribution in [0.15, 0.2) is 48.0 Å². The lowest BCUT2D eigenvalue weighted by molar-refractivity contribution is 0.533.